The number of nitrogens with zero attached hydrogens (tertiary/aromatic N) is 1. The zero-order valence-electron chi connectivity index (χ0n) is 15.7. The van der Waals surface area contributed by atoms with Crippen molar-refractivity contribution in [2.24, 2.45) is 5.92 Å². The summed E-state index contributed by atoms with van der Waals surface area (Å²) < 4.78 is 6.42. The van der Waals surface area contributed by atoms with Crippen LogP contribution in [0.3, 0.4) is 0 Å². The van der Waals surface area contributed by atoms with E-state index in [1.54, 1.807) is 23.3 Å². The Balaban J connectivity index is 1.33. The highest BCUT2D eigenvalue weighted by atomic mass is 32.1. The lowest BCUT2D eigenvalue weighted by Crippen LogP contribution is -2.34. The minimum absolute atomic E-state index is 0.0193. The van der Waals surface area contributed by atoms with Crippen molar-refractivity contribution in [3.63, 3.8) is 0 Å². The minimum Gasteiger partial charge on any atom is -0.497 e. The molecule has 2 heterocycles. The maximum Gasteiger partial charge on any atom is 0.227 e. The van der Waals surface area contributed by atoms with Crippen molar-refractivity contribution in [1.29, 1.82) is 0 Å². The Morgan fingerprint density at radius 2 is 2.00 bits per heavy atom. The number of benzene rings is 2. The van der Waals surface area contributed by atoms with Crippen LogP contribution in [0.15, 0.2) is 53.9 Å². The molecular formula is C22H22N2O3S. The van der Waals surface area contributed by atoms with Crippen molar-refractivity contribution < 1.29 is 14.3 Å². The highest BCUT2D eigenvalue weighted by Gasteiger charge is 2.34. The summed E-state index contributed by atoms with van der Waals surface area (Å²) in [6, 6.07) is 15.6. The summed E-state index contributed by atoms with van der Waals surface area (Å²) in [5.41, 5.74) is 2.05. The van der Waals surface area contributed by atoms with Gasteiger partial charge in [0, 0.05) is 29.9 Å². The number of hydrogen-bond donors (Lipinski definition) is 1. The predicted molar refractivity (Wildman–Crippen MR) is 112 cm³/mol. The molecule has 1 unspecified atom stereocenters. The number of nitrogens with one attached hydrogen (secondary N) is 1. The van der Waals surface area contributed by atoms with Crippen LogP contribution >= 0.6 is 11.3 Å². The fourth-order valence-electron chi connectivity index (χ4n) is 3.59. The maximum atomic E-state index is 12.6. The molecule has 0 radical (unpaired) electrons. The fraction of sp³-hybridized carbons (Fsp3) is 0.273. The van der Waals surface area contributed by atoms with Crippen LogP contribution in [-0.4, -0.2) is 32.0 Å². The number of carbonyl (C=O) groups excluding carboxylic acids is 2. The summed E-state index contributed by atoms with van der Waals surface area (Å²) >= 11 is 1.73. The van der Waals surface area contributed by atoms with Gasteiger partial charge in [-0.2, -0.15) is 0 Å². The number of rotatable bonds is 6. The molecule has 1 atom stereocenters. The van der Waals surface area contributed by atoms with Gasteiger partial charge in [-0.1, -0.05) is 18.2 Å². The van der Waals surface area contributed by atoms with E-state index in [0.29, 0.717) is 13.1 Å². The molecule has 0 spiro atoms. The van der Waals surface area contributed by atoms with Gasteiger partial charge >= 0.3 is 0 Å². The molecule has 1 aliphatic heterocycles. The molecule has 0 aliphatic carbocycles. The van der Waals surface area contributed by atoms with Crippen LogP contribution in [-0.2, 0) is 16.0 Å². The highest BCUT2D eigenvalue weighted by molar-refractivity contribution is 7.17. The first-order chi connectivity index (χ1) is 13.7. The van der Waals surface area contributed by atoms with E-state index in [4.69, 9.17) is 4.74 Å². The van der Waals surface area contributed by atoms with Gasteiger partial charge in [0.05, 0.1) is 13.0 Å². The van der Waals surface area contributed by atoms with Gasteiger partial charge in [-0.25, -0.2) is 0 Å². The highest BCUT2D eigenvalue weighted by Crippen LogP contribution is 2.27. The molecule has 3 aromatic rings. The monoisotopic (exact) mass is 394 g/mol. The molecule has 6 heteroatoms. The predicted octanol–water partition coefficient (Wildman–Crippen LogP) is 3.62. The molecule has 2 aromatic carbocycles. The smallest absolute Gasteiger partial charge is 0.227 e. The van der Waals surface area contributed by atoms with E-state index in [0.717, 1.165) is 17.9 Å². The van der Waals surface area contributed by atoms with E-state index >= 15 is 0 Å². The number of carbonyl (C=O) groups is 2. The third-order valence-electron chi connectivity index (χ3n) is 5.13. The third-order valence-corrected chi connectivity index (χ3v) is 6.15. The lowest BCUT2D eigenvalue weighted by atomic mass is 10.1. The average Bonchev–Trinajstić information content (AvgIpc) is 3.32. The first-order valence-corrected chi connectivity index (χ1v) is 10.2. The molecule has 1 saturated heterocycles. The summed E-state index contributed by atoms with van der Waals surface area (Å²) in [5, 5.41) is 6.41. The second kappa shape index (κ2) is 8.02. The zero-order chi connectivity index (χ0) is 19.5. The Kier molecular flexibility index (Phi) is 5.30. The molecule has 2 amide bonds. The number of methoxy groups -OCH3 is 1. The van der Waals surface area contributed by atoms with Crippen molar-refractivity contribution >= 4 is 38.9 Å². The van der Waals surface area contributed by atoms with E-state index in [2.05, 4.69) is 22.8 Å². The molecule has 4 rings (SSSR count). The van der Waals surface area contributed by atoms with E-state index in [1.807, 2.05) is 36.4 Å². The molecule has 144 valence electrons. The summed E-state index contributed by atoms with van der Waals surface area (Å²) in [7, 11) is 1.61. The first-order valence-electron chi connectivity index (χ1n) is 9.33. The number of hydrogen-bond acceptors (Lipinski definition) is 4. The molecule has 0 saturated carbocycles. The number of thiophene rings is 1. The van der Waals surface area contributed by atoms with Crippen molar-refractivity contribution in [2.75, 3.05) is 25.1 Å². The van der Waals surface area contributed by atoms with Gasteiger partial charge in [0.25, 0.3) is 0 Å². The molecule has 0 bridgehead atoms. The summed E-state index contributed by atoms with van der Waals surface area (Å²) in [6.45, 7) is 0.991. The van der Waals surface area contributed by atoms with Crippen LogP contribution < -0.4 is 15.0 Å². The topological polar surface area (TPSA) is 58.6 Å². The van der Waals surface area contributed by atoms with E-state index in [9.17, 15) is 9.59 Å². The second-order valence-electron chi connectivity index (χ2n) is 6.90. The molecule has 5 nitrogen and oxygen atoms in total. The maximum absolute atomic E-state index is 12.6. The Morgan fingerprint density at radius 1 is 1.21 bits per heavy atom. The lowest BCUT2D eigenvalue weighted by Gasteiger charge is -2.17. The van der Waals surface area contributed by atoms with Crippen LogP contribution in [0.5, 0.6) is 5.75 Å². The zero-order valence-corrected chi connectivity index (χ0v) is 16.5. The van der Waals surface area contributed by atoms with Gasteiger partial charge in [0.2, 0.25) is 11.8 Å². The van der Waals surface area contributed by atoms with Crippen molar-refractivity contribution in [2.45, 2.75) is 12.8 Å². The van der Waals surface area contributed by atoms with Gasteiger partial charge in [0.1, 0.15) is 5.75 Å². The van der Waals surface area contributed by atoms with Gasteiger partial charge in [-0.05, 0) is 53.1 Å². The third kappa shape index (κ3) is 3.73. The number of anilines is 1. The van der Waals surface area contributed by atoms with E-state index < -0.39 is 0 Å². The molecule has 1 fully saturated rings. The Bertz CT molecular complexity index is 996. The lowest BCUT2D eigenvalue weighted by molar-refractivity contribution is -0.126. The van der Waals surface area contributed by atoms with Gasteiger partial charge in [-0.3, -0.25) is 9.59 Å². The van der Waals surface area contributed by atoms with Crippen molar-refractivity contribution in [3.8, 4) is 5.75 Å². The van der Waals surface area contributed by atoms with Gasteiger partial charge < -0.3 is 15.0 Å². The van der Waals surface area contributed by atoms with Crippen LogP contribution in [0.2, 0.25) is 0 Å². The Hall–Kier alpha value is -2.86. The fourth-order valence-corrected chi connectivity index (χ4v) is 4.58. The first kappa shape index (κ1) is 18.5. The van der Waals surface area contributed by atoms with Crippen molar-refractivity contribution in [3.05, 3.63) is 59.5 Å². The second-order valence-corrected chi connectivity index (χ2v) is 7.81. The van der Waals surface area contributed by atoms with Crippen molar-refractivity contribution in [1.82, 2.24) is 5.32 Å². The van der Waals surface area contributed by atoms with Crippen LogP contribution in [0.25, 0.3) is 10.1 Å². The van der Waals surface area contributed by atoms with Crippen LogP contribution in [0.1, 0.15) is 12.0 Å². The quantitative estimate of drug-likeness (QED) is 0.695. The standard InChI is InChI=1S/C22H22N2O3S/c1-27-18-8-6-17(7-9-18)24-13-16(12-21(24)25)22(26)23-11-10-15-14-28-20-5-3-2-4-19(15)20/h2-9,14,16H,10-13H2,1H3,(H,23,26). The average molecular weight is 394 g/mol. The van der Waals surface area contributed by atoms with E-state index in [1.165, 1.54) is 15.6 Å². The van der Waals surface area contributed by atoms with E-state index in [-0.39, 0.29) is 24.2 Å². The number of amides is 2. The number of ether oxygens (including phenoxy) is 1. The van der Waals surface area contributed by atoms with Gasteiger partial charge in [0.15, 0.2) is 0 Å². The normalized spacial score (nSPS) is 16.5. The summed E-state index contributed by atoms with van der Waals surface area (Å²) in [4.78, 5) is 26.6. The molecule has 1 aliphatic rings. The van der Waals surface area contributed by atoms with Crippen LogP contribution in [0, 0.1) is 5.92 Å². The SMILES string of the molecule is COc1ccc(N2CC(C(=O)NCCc3csc4ccccc34)CC2=O)cc1. The Labute approximate surface area is 167 Å². The Morgan fingerprint density at radius 3 is 2.79 bits per heavy atom. The minimum atomic E-state index is -0.311. The molecule has 1 aromatic heterocycles. The van der Waals surface area contributed by atoms with Crippen LogP contribution in [0.4, 0.5) is 5.69 Å². The molecular weight excluding hydrogens is 372 g/mol. The summed E-state index contributed by atoms with van der Waals surface area (Å²) in [5.74, 6) is 0.359. The van der Waals surface area contributed by atoms with Gasteiger partial charge in [-0.15, -0.1) is 11.3 Å². The number of fused-ring (bicyclic) bond motifs is 1. The molecule has 1 N–H and O–H groups in total. The largest absolute Gasteiger partial charge is 0.497 e. The summed E-state index contributed by atoms with van der Waals surface area (Å²) in [6.07, 6.45) is 1.04. The molecule has 28 heavy (non-hydrogen) atoms.